The molecule has 0 saturated heterocycles. The summed E-state index contributed by atoms with van der Waals surface area (Å²) in [5.41, 5.74) is 0. The van der Waals surface area contributed by atoms with E-state index in [0.29, 0.717) is 4.90 Å². The Morgan fingerprint density at radius 3 is 2.30 bits per heavy atom. The van der Waals surface area contributed by atoms with Crippen LogP contribution in [0, 0.1) is 0 Å². The molecule has 4 heteroatoms. The van der Waals surface area contributed by atoms with Gasteiger partial charge in [0.15, 0.2) is 0 Å². The number of amides is 2. The van der Waals surface area contributed by atoms with Crippen molar-refractivity contribution in [3.63, 3.8) is 0 Å². The Balaban J connectivity index is 2.46. The molecular weight excluding hydrogens is 134 g/mol. The molecule has 1 N–H and O–H groups in total. The fourth-order valence-electron chi connectivity index (χ4n) is 0.915. The Kier molecular flexibility index (Phi) is 1.89. The molecule has 1 aliphatic rings. The van der Waals surface area contributed by atoms with Gasteiger partial charge in [0.1, 0.15) is 0 Å². The second-order valence-corrected chi connectivity index (χ2v) is 2.33. The van der Waals surface area contributed by atoms with Crippen LogP contribution in [0.4, 0.5) is 4.79 Å². The van der Waals surface area contributed by atoms with E-state index in [1.807, 2.05) is 0 Å². The van der Waals surface area contributed by atoms with Crippen molar-refractivity contribution in [1.82, 2.24) is 4.90 Å². The van der Waals surface area contributed by atoms with Crippen LogP contribution in [-0.2, 0) is 4.79 Å². The Labute approximate surface area is 58.4 Å². The van der Waals surface area contributed by atoms with Crippen molar-refractivity contribution in [2.24, 2.45) is 0 Å². The summed E-state index contributed by atoms with van der Waals surface area (Å²) in [7, 11) is 0. The molecule has 0 unspecified atom stereocenters. The lowest BCUT2D eigenvalue weighted by Gasteiger charge is -2.30. The highest BCUT2D eigenvalue weighted by Crippen LogP contribution is 2.23. The summed E-state index contributed by atoms with van der Waals surface area (Å²) in [4.78, 5) is 20.9. The Morgan fingerprint density at radius 1 is 1.60 bits per heavy atom. The van der Waals surface area contributed by atoms with Gasteiger partial charge < -0.3 is 5.11 Å². The average molecular weight is 142 g/mol. The van der Waals surface area contributed by atoms with E-state index in [-0.39, 0.29) is 6.04 Å². The molecule has 1 saturated carbocycles. The number of carbonyl (C=O) groups excluding carboxylic acids is 1. The number of hydrogen-bond donors (Lipinski definition) is 1. The van der Waals surface area contributed by atoms with Crippen LogP contribution in [0.25, 0.3) is 0 Å². The van der Waals surface area contributed by atoms with Crippen molar-refractivity contribution in [2.45, 2.75) is 25.3 Å². The van der Waals surface area contributed by atoms with Gasteiger partial charge in [-0.3, -0.25) is 4.79 Å². The number of nitrogens with zero attached hydrogens (tertiary/aromatic N) is 1. The molecule has 1 fully saturated rings. The molecule has 0 aromatic heterocycles. The first kappa shape index (κ1) is 7.05. The van der Waals surface area contributed by atoms with E-state index in [0.717, 1.165) is 19.3 Å². The topological polar surface area (TPSA) is 57.6 Å². The van der Waals surface area contributed by atoms with Gasteiger partial charge in [0, 0.05) is 6.04 Å². The molecule has 55 valence electrons. The summed E-state index contributed by atoms with van der Waals surface area (Å²) in [5.74, 6) is 0. The van der Waals surface area contributed by atoms with Crippen LogP contribution in [0.2, 0.25) is 0 Å². The van der Waals surface area contributed by atoms with E-state index in [9.17, 15) is 9.59 Å². The van der Waals surface area contributed by atoms with E-state index >= 15 is 0 Å². The molecule has 1 rings (SSSR count). The van der Waals surface area contributed by atoms with Crippen molar-refractivity contribution in [3.8, 4) is 0 Å². The van der Waals surface area contributed by atoms with Gasteiger partial charge in [-0.15, -0.1) is 0 Å². The van der Waals surface area contributed by atoms with E-state index in [1.54, 1.807) is 0 Å². The van der Waals surface area contributed by atoms with Gasteiger partial charge in [0.2, 0.25) is 0 Å². The highest BCUT2D eigenvalue weighted by Gasteiger charge is 2.28. The minimum atomic E-state index is -1.19. The molecule has 0 atom stereocenters. The summed E-state index contributed by atoms with van der Waals surface area (Å²) in [6, 6.07) is -0.102. The Morgan fingerprint density at radius 2 is 2.20 bits per heavy atom. The van der Waals surface area contributed by atoms with Crippen molar-refractivity contribution < 1.29 is 14.7 Å². The van der Waals surface area contributed by atoms with Crippen LogP contribution in [0.3, 0.4) is 0 Å². The average Bonchev–Trinajstić information content (AvgIpc) is 1.76. The third-order valence-electron chi connectivity index (χ3n) is 1.74. The van der Waals surface area contributed by atoms with Gasteiger partial charge in [0.05, 0.1) is 0 Å². The smallest absolute Gasteiger partial charge is 0.414 e. The van der Waals surface area contributed by atoms with Gasteiger partial charge in [-0.1, -0.05) is 0 Å². The van der Waals surface area contributed by atoms with Gasteiger partial charge in [-0.2, -0.15) is 0 Å². The third kappa shape index (κ3) is 1.10. The SMILES string of the molecule is O=[C]N(C(=O)O)C1CCC1. The fraction of sp³-hybridized carbons (Fsp3) is 0.667. The zero-order chi connectivity index (χ0) is 7.56. The molecule has 1 radical (unpaired) electrons. The molecule has 2 amide bonds. The van der Waals surface area contributed by atoms with Crippen LogP contribution in [0.1, 0.15) is 19.3 Å². The first-order chi connectivity index (χ1) is 4.75. The number of imide groups is 1. The van der Waals surface area contributed by atoms with E-state index < -0.39 is 6.09 Å². The molecule has 0 heterocycles. The molecule has 10 heavy (non-hydrogen) atoms. The van der Waals surface area contributed by atoms with Crippen molar-refractivity contribution >= 4 is 12.5 Å². The zero-order valence-corrected chi connectivity index (χ0v) is 5.41. The van der Waals surface area contributed by atoms with Crippen LogP contribution in [0.5, 0.6) is 0 Å². The quantitative estimate of drug-likeness (QED) is 0.574. The second-order valence-electron chi connectivity index (χ2n) is 2.33. The maximum absolute atomic E-state index is 10.2. The maximum Gasteiger partial charge on any atom is 0.414 e. The van der Waals surface area contributed by atoms with Crippen LogP contribution in [-0.4, -0.2) is 28.6 Å². The van der Waals surface area contributed by atoms with Gasteiger partial charge in [-0.05, 0) is 19.3 Å². The Bertz CT molecular complexity index is 153. The lowest BCUT2D eigenvalue weighted by atomic mass is 9.92. The minimum Gasteiger partial charge on any atom is -0.465 e. The summed E-state index contributed by atoms with van der Waals surface area (Å²) in [5, 5.41) is 8.37. The Hall–Kier alpha value is -1.06. The molecule has 0 aromatic carbocycles. The largest absolute Gasteiger partial charge is 0.465 e. The molecule has 0 aromatic rings. The monoisotopic (exact) mass is 142 g/mol. The summed E-state index contributed by atoms with van der Waals surface area (Å²) >= 11 is 0. The molecule has 0 aliphatic heterocycles. The number of hydrogen-bond acceptors (Lipinski definition) is 2. The van der Waals surface area contributed by atoms with Crippen LogP contribution < -0.4 is 0 Å². The number of rotatable bonds is 2. The predicted octanol–water partition coefficient (Wildman–Crippen LogP) is 0.586. The standard InChI is InChI=1S/C6H8NO3/c8-4-7(6(9)10)5-2-1-3-5/h5H,1-3H2,(H,9,10). The normalized spacial score (nSPS) is 17.6. The van der Waals surface area contributed by atoms with E-state index in [2.05, 4.69) is 0 Å². The number of carboxylic acid groups (broad SMARTS) is 1. The fourth-order valence-corrected chi connectivity index (χ4v) is 0.915. The second kappa shape index (κ2) is 2.68. The molecule has 1 aliphatic carbocycles. The first-order valence-electron chi connectivity index (χ1n) is 3.15. The van der Waals surface area contributed by atoms with Crippen LogP contribution in [0.15, 0.2) is 0 Å². The van der Waals surface area contributed by atoms with E-state index in [4.69, 9.17) is 5.11 Å². The lowest BCUT2D eigenvalue weighted by Crippen LogP contribution is -2.42. The van der Waals surface area contributed by atoms with Crippen molar-refractivity contribution in [1.29, 1.82) is 0 Å². The zero-order valence-electron chi connectivity index (χ0n) is 5.41. The number of carbonyl (C=O) groups is 1. The molecule has 0 bridgehead atoms. The summed E-state index contributed by atoms with van der Waals surface area (Å²) in [6.07, 6.45) is 2.79. The summed E-state index contributed by atoms with van der Waals surface area (Å²) in [6.45, 7) is 0. The van der Waals surface area contributed by atoms with Crippen molar-refractivity contribution in [2.75, 3.05) is 0 Å². The lowest BCUT2D eigenvalue weighted by molar-refractivity contribution is 0.134. The predicted molar refractivity (Wildman–Crippen MR) is 33.2 cm³/mol. The molecular formula is C6H8NO3. The third-order valence-corrected chi connectivity index (χ3v) is 1.74. The minimum absolute atomic E-state index is 0.102. The highest BCUT2D eigenvalue weighted by atomic mass is 16.4. The van der Waals surface area contributed by atoms with Gasteiger partial charge in [0.25, 0.3) is 0 Å². The highest BCUT2D eigenvalue weighted by molar-refractivity contribution is 5.79. The first-order valence-corrected chi connectivity index (χ1v) is 3.15. The molecule has 4 nitrogen and oxygen atoms in total. The van der Waals surface area contributed by atoms with Crippen molar-refractivity contribution in [3.05, 3.63) is 0 Å². The van der Waals surface area contributed by atoms with Gasteiger partial charge in [-0.25, -0.2) is 9.69 Å². The van der Waals surface area contributed by atoms with Crippen LogP contribution >= 0.6 is 0 Å². The van der Waals surface area contributed by atoms with E-state index in [1.165, 1.54) is 6.41 Å². The molecule has 0 spiro atoms. The maximum atomic E-state index is 10.2. The summed E-state index contributed by atoms with van der Waals surface area (Å²) < 4.78 is 0. The van der Waals surface area contributed by atoms with Gasteiger partial charge >= 0.3 is 12.5 Å².